The maximum atomic E-state index is 2.54. The third-order valence-corrected chi connectivity index (χ3v) is 6.47. The summed E-state index contributed by atoms with van der Waals surface area (Å²) in [5.41, 5.74) is 6.51. The number of hydrogen-bond donors (Lipinski definition) is 0. The first-order valence-electron chi connectivity index (χ1n) is 10.5. The molecule has 148 valence electrons. The van der Waals surface area contributed by atoms with Crippen molar-refractivity contribution in [3.05, 3.63) is 78.9 Å². The van der Waals surface area contributed by atoms with Gasteiger partial charge in [-0.05, 0) is 50.2 Å². The predicted octanol–water partition coefficient (Wildman–Crippen LogP) is 5.29. The second kappa shape index (κ2) is 7.03. The van der Waals surface area contributed by atoms with Gasteiger partial charge in [0, 0.05) is 25.8 Å². The van der Waals surface area contributed by atoms with Gasteiger partial charge < -0.3 is 19.6 Å². The van der Waals surface area contributed by atoms with Gasteiger partial charge in [-0.15, -0.1) is 0 Å². The molecule has 0 radical (unpaired) electrons. The molecule has 0 N–H and O–H groups in total. The van der Waals surface area contributed by atoms with E-state index in [9.17, 15) is 0 Å². The Bertz CT molecular complexity index is 1000. The van der Waals surface area contributed by atoms with Gasteiger partial charge in [-0.2, -0.15) is 0 Å². The number of nitrogens with zero attached hydrogens (tertiary/aromatic N) is 4. The van der Waals surface area contributed by atoms with Crippen molar-refractivity contribution in [3.8, 4) is 0 Å². The molecular formula is C25H28N4. The summed E-state index contributed by atoms with van der Waals surface area (Å²) in [5, 5.41) is 0. The molecule has 5 rings (SSSR count). The molecule has 0 saturated heterocycles. The topological polar surface area (TPSA) is 13.0 Å². The van der Waals surface area contributed by atoms with Crippen LogP contribution in [0, 0.1) is 0 Å². The molecule has 3 aromatic rings. The molecule has 0 saturated carbocycles. The minimum atomic E-state index is 0.278. The Balaban J connectivity index is 1.42. The fraction of sp³-hybridized carbons (Fsp3) is 0.280. The lowest BCUT2D eigenvalue weighted by molar-refractivity contribution is 0.616. The lowest BCUT2D eigenvalue weighted by Crippen LogP contribution is -2.46. The first-order valence-corrected chi connectivity index (χ1v) is 10.5. The molecule has 2 atom stereocenters. The van der Waals surface area contributed by atoms with Crippen LogP contribution in [0.3, 0.4) is 0 Å². The highest BCUT2D eigenvalue weighted by atomic mass is 15.4. The summed E-state index contributed by atoms with van der Waals surface area (Å²) >= 11 is 0. The van der Waals surface area contributed by atoms with Gasteiger partial charge in [0.1, 0.15) is 6.17 Å². The zero-order valence-electron chi connectivity index (χ0n) is 17.4. The Hall–Kier alpha value is -3.14. The van der Waals surface area contributed by atoms with E-state index >= 15 is 0 Å². The Kier molecular flexibility index (Phi) is 4.35. The average molecular weight is 385 g/mol. The van der Waals surface area contributed by atoms with Gasteiger partial charge >= 0.3 is 0 Å². The molecule has 4 nitrogen and oxygen atoms in total. The normalized spacial score (nSPS) is 20.2. The van der Waals surface area contributed by atoms with Gasteiger partial charge in [-0.25, -0.2) is 0 Å². The number of fused-ring (bicyclic) bond motifs is 2. The predicted molar refractivity (Wildman–Crippen MR) is 123 cm³/mol. The molecule has 2 aliphatic heterocycles. The van der Waals surface area contributed by atoms with E-state index in [-0.39, 0.29) is 6.17 Å². The molecule has 0 aliphatic carbocycles. The largest absolute Gasteiger partial charge is 0.353 e. The monoisotopic (exact) mass is 384 g/mol. The summed E-state index contributed by atoms with van der Waals surface area (Å²) in [4.78, 5) is 9.88. The summed E-state index contributed by atoms with van der Waals surface area (Å²) < 4.78 is 0. The first-order chi connectivity index (χ1) is 14.2. The highest BCUT2D eigenvalue weighted by Crippen LogP contribution is 2.44. The summed E-state index contributed by atoms with van der Waals surface area (Å²) in [5.74, 6) is 0. The maximum absolute atomic E-state index is 2.54. The van der Waals surface area contributed by atoms with Gasteiger partial charge in [0.2, 0.25) is 0 Å². The second-order valence-corrected chi connectivity index (χ2v) is 7.94. The smallest absolute Gasteiger partial charge is 0.104 e. The Morgan fingerprint density at radius 2 is 1.07 bits per heavy atom. The van der Waals surface area contributed by atoms with Crippen LogP contribution < -0.4 is 19.6 Å². The van der Waals surface area contributed by atoms with E-state index < -0.39 is 0 Å². The quantitative estimate of drug-likeness (QED) is 0.606. The van der Waals surface area contributed by atoms with Gasteiger partial charge in [-0.1, -0.05) is 42.5 Å². The standard InChI is InChI=1S/C25H28N4/c1-19-26(3)22-13-7-8-14-23(22)27(19)17-18-28-20(2)29(21-11-5-4-6-12-21)25-16-10-9-15-24(25)28/h4-16,19-20H,17-18H2,1-3H3/t19-,20-/m0/s1. The molecule has 0 unspecified atom stereocenters. The van der Waals surface area contributed by atoms with Crippen LogP contribution in [-0.2, 0) is 0 Å². The van der Waals surface area contributed by atoms with Crippen molar-refractivity contribution in [2.75, 3.05) is 39.7 Å². The maximum Gasteiger partial charge on any atom is 0.104 e. The van der Waals surface area contributed by atoms with Crippen molar-refractivity contribution in [1.82, 2.24) is 0 Å². The first kappa shape index (κ1) is 17.9. The molecule has 4 heteroatoms. The molecule has 0 aromatic heterocycles. The lowest BCUT2D eigenvalue weighted by Gasteiger charge is -2.33. The number of rotatable bonds is 4. The summed E-state index contributed by atoms with van der Waals surface area (Å²) in [6, 6.07) is 28.2. The molecule has 0 fully saturated rings. The van der Waals surface area contributed by atoms with Crippen molar-refractivity contribution in [1.29, 1.82) is 0 Å². The molecule has 2 heterocycles. The third kappa shape index (κ3) is 2.82. The third-order valence-electron chi connectivity index (χ3n) is 6.47. The van der Waals surface area contributed by atoms with Crippen LogP contribution in [0.25, 0.3) is 0 Å². The fourth-order valence-electron chi connectivity index (χ4n) is 4.84. The van der Waals surface area contributed by atoms with E-state index in [4.69, 9.17) is 0 Å². The van der Waals surface area contributed by atoms with Crippen LogP contribution in [0.1, 0.15) is 13.8 Å². The van der Waals surface area contributed by atoms with E-state index in [1.54, 1.807) is 0 Å². The Morgan fingerprint density at radius 1 is 0.586 bits per heavy atom. The SMILES string of the molecule is C[C@H]1N(C)c2ccccc2N1CCN1c2ccccc2N(c2ccccc2)[C@H]1C. The minimum Gasteiger partial charge on any atom is -0.353 e. The highest BCUT2D eigenvalue weighted by molar-refractivity contribution is 5.83. The van der Waals surface area contributed by atoms with E-state index in [1.165, 1.54) is 28.4 Å². The van der Waals surface area contributed by atoms with Crippen LogP contribution >= 0.6 is 0 Å². The zero-order valence-corrected chi connectivity index (χ0v) is 17.4. The van der Waals surface area contributed by atoms with Gasteiger partial charge in [0.15, 0.2) is 0 Å². The van der Waals surface area contributed by atoms with Crippen LogP contribution in [-0.4, -0.2) is 32.5 Å². The number of anilines is 5. The van der Waals surface area contributed by atoms with Crippen molar-refractivity contribution < 1.29 is 0 Å². The lowest BCUT2D eigenvalue weighted by atomic mass is 10.2. The molecule has 0 bridgehead atoms. The van der Waals surface area contributed by atoms with Gasteiger partial charge in [-0.3, -0.25) is 0 Å². The van der Waals surface area contributed by atoms with E-state index in [1.807, 2.05) is 0 Å². The molecule has 0 amide bonds. The zero-order chi connectivity index (χ0) is 20.0. The van der Waals surface area contributed by atoms with E-state index in [0.717, 1.165) is 13.1 Å². The van der Waals surface area contributed by atoms with Crippen molar-refractivity contribution in [3.63, 3.8) is 0 Å². The molecular weight excluding hydrogens is 356 g/mol. The molecule has 29 heavy (non-hydrogen) atoms. The van der Waals surface area contributed by atoms with Crippen molar-refractivity contribution >= 4 is 28.4 Å². The summed E-state index contributed by atoms with van der Waals surface area (Å²) in [7, 11) is 2.19. The number of para-hydroxylation sites is 5. The molecule has 0 spiro atoms. The average Bonchev–Trinajstić information content (AvgIpc) is 3.18. The number of benzene rings is 3. The van der Waals surface area contributed by atoms with E-state index in [2.05, 4.69) is 119 Å². The summed E-state index contributed by atoms with van der Waals surface area (Å²) in [6.45, 7) is 6.57. The van der Waals surface area contributed by atoms with Crippen LogP contribution in [0.5, 0.6) is 0 Å². The number of hydrogen-bond acceptors (Lipinski definition) is 4. The van der Waals surface area contributed by atoms with Crippen LogP contribution in [0.4, 0.5) is 28.4 Å². The van der Waals surface area contributed by atoms with Gasteiger partial charge in [0.05, 0.1) is 28.9 Å². The summed E-state index contributed by atoms with van der Waals surface area (Å²) in [6.07, 6.45) is 0.645. The van der Waals surface area contributed by atoms with E-state index in [0.29, 0.717) is 6.17 Å². The Labute approximate surface area is 173 Å². The van der Waals surface area contributed by atoms with Crippen LogP contribution in [0.2, 0.25) is 0 Å². The molecule has 2 aliphatic rings. The second-order valence-electron chi connectivity index (χ2n) is 7.94. The van der Waals surface area contributed by atoms with Crippen LogP contribution in [0.15, 0.2) is 78.9 Å². The highest BCUT2D eigenvalue weighted by Gasteiger charge is 2.35. The Morgan fingerprint density at radius 3 is 1.72 bits per heavy atom. The van der Waals surface area contributed by atoms with Crippen molar-refractivity contribution in [2.45, 2.75) is 26.2 Å². The minimum absolute atomic E-state index is 0.278. The van der Waals surface area contributed by atoms with Gasteiger partial charge in [0.25, 0.3) is 0 Å². The fourth-order valence-corrected chi connectivity index (χ4v) is 4.84. The van der Waals surface area contributed by atoms with Crippen molar-refractivity contribution in [2.24, 2.45) is 0 Å². The molecule has 3 aromatic carbocycles.